The van der Waals surface area contributed by atoms with Crippen molar-refractivity contribution in [2.75, 3.05) is 5.73 Å². The Morgan fingerprint density at radius 3 is 2.85 bits per heavy atom. The zero-order chi connectivity index (χ0) is 9.42. The number of rotatable bonds is 0. The van der Waals surface area contributed by atoms with Crippen LogP contribution in [0.5, 0.6) is 5.75 Å². The first-order valence-electron chi connectivity index (χ1n) is 3.90. The Morgan fingerprint density at radius 2 is 2.08 bits per heavy atom. The van der Waals surface area contributed by atoms with Crippen LogP contribution in [0.4, 0.5) is 5.95 Å². The molecule has 1 heterocycles. The van der Waals surface area contributed by atoms with Gasteiger partial charge in [0.05, 0.1) is 5.69 Å². The molecule has 0 spiro atoms. The van der Waals surface area contributed by atoms with Gasteiger partial charge in [0.25, 0.3) is 0 Å². The number of nitrogen functional groups attached to an aromatic ring is 1. The van der Waals surface area contributed by atoms with Gasteiger partial charge in [0.1, 0.15) is 11.3 Å². The topological polar surface area (TPSA) is 72.0 Å². The van der Waals surface area contributed by atoms with Crippen molar-refractivity contribution in [1.82, 2.24) is 9.97 Å². The lowest BCUT2D eigenvalue weighted by Crippen LogP contribution is -1.97. The molecule has 0 fully saturated rings. The molecule has 2 rings (SSSR count). The predicted molar refractivity (Wildman–Crippen MR) is 50.4 cm³/mol. The Balaban J connectivity index is 2.94. The summed E-state index contributed by atoms with van der Waals surface area (Å²) in [6.45, 7) is 1.83. The largest absolute Gasteiger partial charge is 0.506 e. The van der Waals surface area contributed by atoms with Crippen LogP contribution in [0.2, 0.25) is 0 Å². The van der Waals surface area contributed by atoms with Gasteiger partial charge in [0, 0.05) is 5.39 Å². The van der Waals surface area contributed by atoms with E-state index in [0.717, 1.165) is 11.1 Å². The van der Waals surface area contributed by atoms with Gasteiger partial charge in [-0.15, -0.1) is 0 Å². The van der Waals surface area contributed by atoms with Crippen molar-refractivity contribution in [2.24, 2.45) is 0 Å². The summed E-state index contributed by atoms with van der Waals surface area (Å²) in [5, 5.41) is 10.3. The number of nitrogens with zero attached hydrogens (tertiary/aromatic N) is 2. The lowest BCUT2D eigenvalue weighted by atomic mass is 10.2. The smallest absolute Gasteiger partial charge is 0.220 e. The van der Waals surface area contributed by atoms with Gasteiger partial charge >= 0.3 is 0 Å². The second-order valence-electron chi connectivity index (χ2n) is 2.84. The van der Waals surface area contributed by atoms with Crippen LogP contribution in [0.25, 0.3) is 10.9 Å². The average Bonchev–Trinajstić information content (AvgIpc) is 2.07. The molecule has 0 saturated heterocycles. The van der Waals surface area contributed by atoms with Gasteiger partial charge in [0.2, 0.25) is 5.95 Å². The molecule has 0 bridgehead atoms. The predicted octanol–water partition coefficient (Wildman–Crippen LogP) is 1.23. The molecule has 2 aromatic rings. The first kappa shape index (κ1) is 7.79. The second-order valence-corrected chi connectivity index (χ2v) is 2.84. The van der Waals surface area contributed by atoms with Gasteiger partial charge in [0.15, 0.2) is 0 Å². The molecule has 0 aliphatic carbocycles. The number of anilines is 1. The SMILES string of the molecule is Cc1nc(N)nc2c(O)cccc12. The van der Waals surface area contributed by atoms with Crippen molar-refractivity contribution in [3.05, 3.63) is 23.9 Å². The standard InChI is InChI=1S/C9H9N3O/c1-5-6-3-2-4-7(13)8(6)12-9(10)11-5/h2-4,13H,1H3,(H2,10,11,12). The minimum absolute atomic E-state index is 0.134. The Kier molecular flexibility index (Phi) is 1.55. The summed E-state index contributed by atoms with van der Waals surface area (Å²) in [6, 6.07) is 5.18. The molecule has 0 atom stereocenters. The van der Waals surface area contributed by atoms with Crippen LogP contribution < -0.4 is 5.73 Å². The molecule has 1 aromatic carbocycles. The summed E-state index contributed by atoms with van der Waals surface area (Å²) in [6.07, 6.45) is 0. The van der Waals surface area contributed by atoms with Gasteiger partial charge in [-0.05, 0) is 13.0 Å². The van der Waals surface area contributed by atoms with E-state index in [4.69, 9.17) is 5.73 Å². The van der Waals surface area contributed by atoms with E-state index >= 15 is 0 Å². The van der Waals surface area contributed by atoms with E-state index in [2.05, 4.69) is 9.97 Å². The lowest BCUT2D eigenvalue weighted by molar-refractivity contribution is 0.480. The maximum Gasteiger partial charge on any atom is 0.220 e. The first-order chi connectivity index (χ1) is 6.18. The third-order valence-electron chi connectivity index (χ3n) is 1.91. The van der Waals surface area contributed by atoms with Crippen LogP contribution in [0.3, 0.4) is 0 Å². The van der Waals surface area contributed by atoms with Gasteiger partial charge in [-0.3, -0.25) is 0 Å². The normalized spacial score (nSPS) is 10.5. The van der Waals surface area contributed by atoms with Crippen LogP contribution in [0, 0.1) is 6.92 Å². The van der Waals surface area contributed by atoms with Crippen molar-refractivity contribution >= 4 is 16.9 Å². The van der Waals surface area contributed by atoms with E-state index < -0.39 is 0 Å². The van der Waals surface area contributed by atoms with Crippen LogP contribution >= 0.6 is 0 Å². The average molecular weight is 175 g/mol. The number of hydrogen-bond acceptors (Lipinski definition) is 4. The van der Waals surface area contributed by atoms with Crippen LogP contribution in [-0.2, 0) is 0 Å². The number of para-hydroxylation sites is 1. The van der Waals surface area contributed by atoms with Crippen LogP contribution in [-0.4, -0.2) is 15.1 Å². The molecule has 1 aromatic heterocycles. The molecule has 0 radical (unpaired) electrons. The summed E-state index contributed by atoms with van der Waals surface area (Å²) in [4.78, 5) is 7.95. The quantitative estimate of drug-likeness (QED) is 0.631. The molecule has 0 saturated carbocycles. The fraction of sp³-hybridized carbons (Fsp3) is 0.111. The lowest BCUT2D eigenvalue weighted by Gasteiger charge is -2.03. The zero-order valence-electron chi connectivity index (χ0n) is 7.15. The maximum atomic E-state index is 9.47. The minimum atomic E-state index is 0.134. The van der Waals surface area contributed by atoms with E-state index in [-0.39, 0.29) is 11.7 Å². The summed E-state index contributed by atoms with van der Waals surface area (Å²) in [5.74, 6) is 0.321. The van der Waals surface area contributed by atoms with Crippen molar-refractivity contribution < 1.29 is 5.11 Å². The number of aromatic nitrogens is 2. The number of benzene rings is 1. The maximum absolute atomic E-state index is 9.47. The highest BCUT2D eigenvalue weighted by Crippen LogP contribution is 2.24. The fourth-order valence-electron chi connectivity index (χ4n) is 1.31. The van der Waals surface area contributed by atoms with Gasteiger partial charge in [-0.2, -0.15) is 0 Å². The number of hydrogen-bond donors (Lipinski definition) is 2. The number of phenols is 1. The summed E-state index contributed by atoms with van der Waals surface area (Å²) in [7, 11) is 0. The molecule has 0 amide bonds. The van der Waals surface area contributed by atoms with E-state index in [1.807, 2.05) is 13.0 Å². The monoisotopic (exact) mass is 175 g/mol. The Bertz CT molecular complexity index is 468. The molecule has 4 nitrogen and oxygen atoms in total. The van der Waals surface area contributed by atoms with Crippen LogP contribution in [0.15, 0.2) is 18.2 Å². The van der Waals surface area contributed by atoms with E-state index in [1.54, 1.807) is 12.1 Å². The van der Waals surface area contributed by atoms with Crippen molar-refractivity contribution in [2.45, 2.75) is 6.92 Å². The third-order valence-corrected chi connectivity index (χ3v) is 1.91. The molecular weight excluding hydrogens is 166 g/mol. The number of aryl methyl sites for hydroxylation is 1. The van der Waals surface area contributed by atoms with Crippen molar-refractivity contribution in [1.29, 1.82) is 0 Å². The zero-order valence-corrected chi connectivity index (χ0v) is 7.15. The van der Waals surface area contributed by atoms with Crippen molar-refractivity contribution in [3.63, 3.8) is 0 Å². The molecule has 66 valence electrons. The molecule has 13 heavy (non-hydrogen) atoms. The Morgan fingerprint density at radius 1 is 1.31 bits per heavy atom. The highest BCUT2D eigenvalue weighted by Gasteiger charge is 2.04. The summed E-state index contributed by atoms with van der Waals surface area (Å²) < 4.78 is 0. The molecular formula is C9H9N3O. The van der Waals surface area contributed by atoms with E-state index in [9.17, 15) is 5.11 Å². The fourth-order valence-corrected chi connectivity index (χ4v) is 1.31. The highest BCUT2D eigenvalue weighted by atomic mass is 16.3. The van der Waals surface area contributed by atoms with Gasteiger partial charge < -0.3 is 10.8 Å². The van der Waals surface area contributed by atoms with E-state index in [1.165, 1.54) is 0 Å². The second kappa shape index (κ2) is 2.58. The number of nitrogens with two attached hydrogens (primary N) is 1. The molecule has 0 aliphatic heterocycles. The van der Waals surface area contributed by atoms with Gasteiger partial charge in [-0.25, -0.2) is 9.97 Å². The highest BCUT2D eigenvalue weighted by molar-refractivity contribution is 5.86. The molecule has 3 N–H and O–H groups in total. The van der Waals surface area contributed by atoms with Crippen LogP contribution in [0.1, 0.15) is 5.69 Å². The molecule has 4 heteroatoms. The van der Waals surface area contributed by atoms with E-state index in [0.29, 0.717) is 5.52 Å². The Labute approximate surface area is 75.1 Å². The molecule has 0 aliphatic rings. The third kappa shape index (κ3) is 1.16. The summed E-state index contributed by atoms with van der Waals surface area (Å²) in [5.41, 5.74) is 6.74. The Hall–Kier alpha value is -1.84. The molecule has 0 unspecified atom stereocenters. The van der Waals surface area contributed by atoms with Crippen molar-refractivity contribution in [3.8, 4) is 5.75 Å². The minimum Gasteiger partial charge on any atom is -0.506 e. The number of fused-ring (bicyclic) bond motifs is 1. The van der Waals surface area contributed by atoms with Gasteiger partial charge in [-0.1, -0.05) is 12.1 Å². The number of aromatic hydroxyl groups is 1. The number of phenolic OH excluding ortho intramolecular Hbond substituents is 1. The summed E-state index contributed by atoms with van der Waals surface area (Å²) >= 11 is 0. The first-order valence-corrected chi connectivity index (χ1v) is 3.90.